The van der Waals surface area contributed by atoms with E-state index in [4.69, 9.17) is 14.4 Å². The summed E-state index contributed by atoms with van der Waals surface area (Å²) in [5, 5.41) is 2.10. The van der Waals surface area contributed by atoms with Crippen LogP contribution >= 0.6 is 0 Å². The Morgan fingerprint density at radius 2 is 1.43 bits per heavy atom. The normalized spacial score (nSPS) is 11.6. The van der Waals surface area contributed by atoms with E-state index in [1.807, 2.05) is 36.4 Å². The summed E-state index contributed by atoms with van der Waals surface area (Å²) in [6, 6.07) is 37.2. The van der Waals surface area contributed by atoms with Crippen LogP contribution in [0.4, 0.5) is 0 Å². The van der Waals surface area contributed by atoms with Gasteiger partial charge in [-0.1, -0.05) is 66.7 Å². The lowest BCUT2D eigenvalue weighted by Crippen LogP contribution is -1.97. The second-order valence-electron chi connectivity index (χ2n) is 8.75. The first-order valence-corrected chi connectivity index (χ1v) is 11.7. The first-order chi connectivity index (χ1) is 17.3. The van der Waals surface area contributed by atoms with Crippen molar-refractivity contribution in [3.63, 3.8) is 0 Å². The van der Waals surface area contributed by atoms with Crippen molar-refractivity contribution in [2.24, 2.45) is 0 Å². The predicted octanol–water partition coefficient (Wildman–Crippen LogP) is 7.96. The van der Waals surface area contributed by atoms with Gasteiger partial charge in [-0.15, -0.1) is 0 Å². The van der Waals surface area contributed by atoms with Crippen LogP contribution in [0.25, 0.3) is 61.4 Å². The van der Waals surface area contributed by atoms with Crippen LogP contribution in [0.1, 0.15) is 5.56 Å². The van der Waals surface area contributed by atoms with E-state index in [1.54, 1.807) is 0 Å². The molecule has 0 saturated heterocycles. The van der Waals surface area contributed by atoms with E-state index in [0.29, 0.717) is 5.71 Å². The Kier molecular flexibility index (Phi) is 4.33. The minimum Gasteiger partial charge on any atom is -0.437 e. The Labute approximate surface area is 202 Å². The maximum atomic E-state index is 6.50. The van der Waals surface area contributed by atoms with E-state index in [-0.39, 0.29) is 0 Å². The van der Waals surface area contributed by atoms with Crippen LogP contribution in [0, 0.1) is 6.92 Å². The molecule has 0 bridgehead atoms. The molecule has 3 heterocycles. The molecule has 166 valence electrons. The lowest BCUT2D eigenvalue weighted by molar-refractivity contribution is 0.655. The van der Waals surface area contributed by atoms with Gasteiger partial charge in [0.05, 0.1) is 22.3 Å². The van der Waals surface area contributed by atoms with Crippen LogP contribution in [0.15, 0.2) is 114 Å². The molecule has 7 aromatic rings. The fourth-order valence-corrected chi connectivity index (χ4v) is 4.92. The van der Waals surface area contributed by atoms with Gasteiger partial charge in [0, 0.05) is 22.0 Å². The van der Waals surface area contributed by atoms with E-state index in [9.17, 15) is 0 Å². The average Bonchev–Trinajstić information content (AvgIpc) is 3.49. The smallest absolute Gasteiger partial charge is 0.227 e. The molecule has 7 rings (SSSR count). The average molecular weight is 452 g/mol. The molecule has 3 aromatic heterocycles. The third kappa shape index (κ3) is 3.07. The van der Waals surface area contributed by atoms with Crippen LogP contribution in [-0.2, 0) is 0 Å². The Hall–Kier alpha value is -4.70. The highest BCUT2D eigenvalue weighted by Crippen LogP contribution is 2.39. The van der Waals surface area contributed by atoms with Gasteiger partial charge in [-0.2, -0.15) is 0 Å². The minimum absolute atomic E-state index is 0.638. The standard InChI is InChI=1S/C31H21N3O/c1-20-16-17-24(30-32-26-14-8-9-15-27(26)34(30)22-12-6-3-7-13-22)29-28(20)23-18-19-25(33-31(23)35-29)21-10-4-2-5-11-21/h2-19H,1H3. The van der Waals surface area contributed by atoms with E-state index in [1.165, 1.54) is 0 Å². The highest BCUT2D eigenvalue weighted by atomic mass is 16.3. The minimum atomic E-state index is 0.638. The summed E-state index contributed by atoms with van der Waals surface area (Å²) in [6.07, 6.45) is 0. The molecular weight excluding hydrogens is 430 g/mol. The predicted molar refractivity (Wildman–Crippen MR) is 142 cm³/mol. The van der Waals surface area contributed by atoms with Gasteiger partial charge in [0.25, 0.3) is 0 Å². The third-order valence-electron chi connectivity index (χ3n) is 6.58. The van der Waals surface area contributed by atoms with E-state index in [2.05, 4.69) is 84.3 Å². The summed E-state index contributed by atoms with van der Waals surface area (Å²) < 4.78 is 8.71. The lowest BCUT2D eigenvalue weighted by Gasteiger charge is -2.10. The van der Waals surface area contributed by atoms with Gasteiger partial charge in [0.1, 0.15) is 11.4 Å². The van der Waals surface area contributed by atoms with Crippen molar-refractivity contribution < 1.29 is 4.42 Å². The number of fused-ring (bicyclic) bond motifs is 4. The van der Waals surface area contributed by atoms with E-state index in [0.717, 1.165) is 61.3 Å². The zero-order valence-corrected chi connectivity index (χ0v) is 19.1. The first kappa shape index (κ1) is 19.7. The molecule has 0 aliphatic rings. The molecule has 0 aliphatic carbocycles. The molecule has 0 radical (unpaired) electrons. The number of imidazole rings is 1. The number of pyridine rings is 1. The second-order valence-corrected chi connectivity index (χ2v) is 8.75. The highest BCUT2D eigenvalue weighted by molar-refractivity contribution is 6.10. The molecule has 4 heteroatoms. The third-order valence-corrected chi connectivity index (χ3v) is 6.58. The molecule has 0 saturated carbocycles. The van der Waals surface area contributed by atoms with Gasteiger partial charge in [-0.05, 0) is 55.0 Å². The summed E-state index contributed by atoms with van der Waals surface area (Å²) in [5.74, 6) is 0.852. The van der Waals surface area contributed by atoms with Gasteiger partial charge in [-0.25, -0.2) is 9.97 Å². The van der Waals surface area contributed by atoms with Gasteiger partial charge in [0.15, 0.2) is 0 Å². The van der Waals surface area contributed by atoms with Crippen molar-refractivity contribution >= 4 is 33.1 Å². The van der Waals surface area contributed by atoms with Crippen molar-refractivity contribution in [2.45, 2.75) is 6.92 Å². The molecule has 0 aliphatic heterocycles. The van der Waals surface area contributed by atoms with Gasteiger partial charge in [0.2, 0.25) is 5.71 Å². The Balaban J connectivity index is 1.53. The van der Waals surface area contributed by atoms with E-state index >= 15 is 0 Å². The van der Waals surface area contributed by atoms with Crippen LogP contribution in [0.5, 0.6) is 0 Å². The molecule has 35 heavy (non-hydrogen) atoms. The van der Waals surface area contributed by atoms with E-state index < -0.39 is 0 Å². The number of benzene rings is 4. The summed E-state index contributed by atoms with van der Waals surface area (Å²) in [5.41, 5.74) is 8.58. The largest absolute Gasteiger partial charge is 0.437 e. The Bertz CT molecular complexity index is 1850. The van der Waals surface area contributed by atoms with Crippen LogP contribution in [0.3, 0.4) is 0 Å². The zero-order chi connectivity index (χ0) is 23.4. The van der Waals surface area contributed by atoms with Crippen molar-refractivity contribution in [2.75, 3.05) is 0 Å². The molecule has 0 atom stereocenters. The van der Waals surface area contributed by atoms with Gasteiger partial charge in [-0.3, -0.25) is 4.57 Å². The summed E-state index contributed by atoms with van der Waals surface area (Å²) in [4.78, 5) is 9.95. The Morgan fingerprint density at radius 1 is 0.686 bits per heavy atom. The molecule has 4 aromatic carbocycles. The maximum Gasteiger partial charge on any atom is 0.227 e. The number of furan rings is 1. The SMILES string of the molecule is Cc1ccc(-c2nc3ccccc3n2-c2ccccc2)c2oc3nc(-c4ccccc4)ccc3c12. The number of aromatic nitrogens is 3. The monoisotopic (exact) mass is 451 g/mol. The fraction of sp³-hybridized carbons (Fsp3) is 0.0323. The van der Waals surface area contributed by atoms with Crippen LogP contribution in [-0.4, -0.2) is 14.5 Å². The Morgan fingerprint density at radius 3 is 2.26 bits per heavy atom. The van der Waals surface area contributed by atoms with Crippen LogP contribution < -0.4 is 0 Å². The van der Waals surface area contributed by atoms with Crippen molar-refractivity contribution in [3.05, 3.63) is 115 Å². The topological polar surface area (TPSA) is 43.9 Å². The van der Waals surface area contributed by atoms with Crippen LogP contribution in [0.2, 0.25) is 0 Å². The number of rotatable bonds is 3. The zero-order valence-electron chi connectivity index (χ0n) is 19.1. The summed E-state index contributed by atoms with van der Waals surface area (Å²) in [7, 11) is 0. The highest BCUT2D eigenvalue weighted by Gasteiger charge is 2.21. The summed E-state index contributed by atoms with van der Waals surface area (Å²) in [6.45, 7) is 2.12. The lowest BCUT2D eigenvalue weighted by atomic mass is 10.0. The molecular formula is C31H21N3O. The maximum absolute atomic E-state index is 6.50. The fourth-order valence-electron chi connectivity index (χ4n) is 4.92. The molecule has 0 unspecified atom stereocenters. The molecule has 4 nitrogen and oxygen atoms in total. The van der Waals surface area contributed by atoms with Crippen molar-refractivity contribution in [3.8, 4) is 28.3 Å². The second kappa shape index (κ2) is 7.67. The number of hydrogen-bond donors (Lipinski definition) is 0. The molecule has 0 spiro atoms. The van der Waals surface area contributed by atoms with Crippen molar-refractivity contribution in [1.29, 1.82) is 0 Å². The molecule has 0 N–H and O–H groups in total. The molecule has 0 fully saturated rings. The van der Waals surface area contributed by atoms with Crippen molar-refractivity contribution in [1.82, 2.24) is 14.5 Å². The first-order valence-electron chi connectivity index (χ1n) is 11.7. The van der Waals surface area contributed by atoms with Gasteiger partial charge < -0.3 is 4.42 Å². The molecule has 0 amide bonds. The quantitative estimate of drug-likeness (QED) is 0.274. The number of para-hydroxylation sites is 3. The number of nitrogens with zero attached hydrogens (tertiary/aromatic N) is 3. The summed E-state index contributed by atoms with van der Waals surface area (Å²) >= 11 is 0. The van der Waals surface area contributed by atoms with Gasteiger partial charge >= 0.3 is 0 Å². The number of aryl methyl sites for hydroxylation is 1. The number of hydrogen-bond acceptors (Lipinski definition) is 3.